The van der Waals surface area contributed by atoms with Crippen molar-refractivity contribution in [3.8, 4) is 0 Å². The van der Waals surface area contributed by atoms with Gasteiger partial charge in [-0.25, -0.2) is 4.79 Å². The first-order valence-electron chi connectivity index (χ1n) is 6.70. The third-order valence-corrected chi connectivity index (χ3v) is 3.92. The van der Waals surface area contributed by atoms with E-state index in [9.17, 15) is 4.79 Å². The van der Waals surface area contributed by atoms with Crippen LogP contribution in [0.3, 0.4) is 0 Å². The molecule has 0 saturated carbocycles. The van der Waals surface area contributed by atoms with Crippen molar-refractivity contribution in [1.82, 2.24) is 9.13 Å². The summed E-state index contributed by atoms with van der Waals surface area (Å²) in [4.78, 5) is 11.9. The maximum atomic E-state index is 11.9. The fourth-order valence-electron chi connectivity index (χ4n) is 2.66. The molecule has 0 radical (unpaired) electrons. The topological polar surface area (TPSA) is 71.4 Å². The maximum absolute atomic E-state index is 11.9. The van der Waals surface area contributed by atoms with Crippen molar-refractivity contribution in [2.24, 2.45) is 19.8 Å². The minimum absolute atomic E-state index is 0.0389. The van der Waals surface area contributed by atoms with Gasteiger partial charge in [0.1, 0.15) is 6.10 Å². The van der Waals surface area contributed by atoms with Gasteiger partial charge in [0, 0.05) is 14.1 Å². The number of nitrogens with two attached hydrogens (primary N) is 1. The van der Waals surface area contributed by atoms with Gasteiger partial charge in [0.2, 0.25) is 0 Å². The lowest BCUT2D eigenvalue weighted by Gasteiger charge is -2.28. The van der Waals surface area contributed by atoms with Crippen molar-refractivity contribution in [1.29, 1.82) is 0 Å². The number of imidazole rings is 1. The Bertz CT molecular complexity index is 683. The van der Waals surface area contributed by atoms with Crippen molar-refractivity contribution in [2.75, 3.05) is 19.8 Å². The van der Waals surface area contributed by atoms with E-state index in [0.717, 1.165) is 16.6 Å². The molecule has 1 aromatic carbocycles. The summed E-state index contributed by atoms with van der Waals surface area (Å²) in [6, 6.07) is 5.58. The Morgan fingerprint density at radius 1 is 1.25 bits per heavy atom. The zero-order valence-corrected chi connectivity index (χ0v) is 11.7. The third-order valence-electron chi connectivity index (χ3n) is 3.92. The smallest absolute Gasteiger partial charge is 0.328 e. The maximum Gasteiger partial charge on any atom is 0.328 e. The van der Waals surface area contributed by atoms with E-state index in [1.54, 1.807) is 23.2 Å². The average Bonchev–Trinajstić information content (AvgIpc) is 2.72. The number of aromatic nitrogens is 2. The normalized spacial score (nSPS) is 21.2. The summed E-state index contributed by atoms with van der Waals surface area (Å²) in [6.07, 6.45) is -0.137. The number of benzene rings is 1. The molecule has 2 heterocycles. The van der Waals surface area contributed by atoms with E-state index in [2.05, 4.69) is 0 Å². The SMILES string of the molecule is Cn1c(=O)n(C)c2cc(C(N)C3COCCO3)ccc21. The largest absolute Gasteiger partial charge is 0.376 e. The van der Waals surface area contributed by atoms with Gasteiger partial charge >= 0.3 is 5.69 Å². The van der Waals surface area contributed by atoms with Gasteiger partial charge in [-0.1, -0.05) is 6.07 Å². The highest BCUT2D eigenvalue weighted by atomic mass is 16.6. The number of ether oxygens (including phenoxy) is 2. The van der Waals surface area contributed by atoms with Crippen LogP contribution in [0.15, 0.2) is 23.0 Å². The molecule has 2 aromatic rings. The second-order valence-electron chi connectivity index (χ2n) is 5.16. The van der Waals surface area contributed by atoms with Gasteiger partial charge in [-0.3, -0.25) is 9.13 Å². The predicted molar refractivity (Wildman–Crippen MR) is 75.6 cm³/mol. The zero-order valence-electron chi connectivity index (χ0n) is 11.7. The van der Waals surface area contributed by atoms with Crippen LogP contribution in [-0.2, 0) is 23.6 Å². The van der Waals surface area contributed by atoms with Crippen molar-refractivity contribution in [2.45, 2.75) is 12.1 Å². The van der Waals surface area contributed by atoms with E-state index in [1.807, 2.05) is 18.2 Å². The average molecular weight is 277 g/mol. The Hall–Kier alpha value is -1.63. The highest BCUT2D eigenvalue weighted by Crippen LogP contribution is 2.22. The lowest BCUT2D eigenvalue weighted by Crippen LogP contribution is -2.37. The molecule has 1 aliphatic rings. The zero-order chi connectivity index (χ0) is 14.3. The molecule has 6 nitrogen and oxygen atoms in total. The van der Waals surface area contributed by atoms with E-state index < -0.39 is 0 Å². The summed E-state index contributed by atoms with van der Waals surface area (Å²) in [5.41, 5.74) is 8.95. The van der Waals surface area contributed by atoms with Crippen LogP contribution in [0, 0.1) is 0 Å². The monoisotopic (exact) mass is 277 g/mol. The fraction of sp³-hybridized carbons (Fsp3) is 0.500. The number of fused-ring (bicyclic) bond motifs is 1. The quantitative estimate of drug-likeness (QED) is 0.856. The number of rotatable bonds is 2. The first-order valence-corrected chi connectivity index (χ1v) is 6.70. The van der Waals surface area contributed by atoms with Crippen LogP contribution in [0.25, 0.3) is 11.0 Å². The van der Waals surface area contributed by atoms with Crippen LogP contribution in [-0.4, -0.2) is 35.1 Å². The van der Waals surface area contributed by atoms with Gasteiger partial charge in [0.25, 0.3) is 0 Å². The molecule has 0 bridgehead atoms. The standard InChI is InChI=1S/C14H19N3O3/c1-16-10-4-3-9(7-11(10)17(2)14(16)18)13(15)12-8-19-5-6-20-12/h3-4,7,12-13H,5-6,8,15H2,1-2H3. The van der Waals surface area contributed by atoms with Crippen LogP contribution < -0.4 is 11.4 Å². The van der Waals surface area contributed by atoms with Crippen molar-refractivity contribution in [3.05, 3.63) is 34.2 Å². The number of nitrogens with zero attached hydrogens (tertiary/aromatic N) is 2. The Kier molecular flexibility index (Phi) is 3.37. The third kappa shape index (κ3) is 2.06. The molecule has 1 fully saturated rings. The molecule has 1 aliphatic heterocycles. The molecule has 1 aromatic heterocycles. The van der Waals surface area contributed by atoms with E-state index >= 15 is 0 Å². The molecule has 2 atom stereocenters. The van der Waals surface area contributed by atoms with Crippen molar-refractivity contribution >= 4 is 11.0 Å². The molecule has 0 aliphatic carbocycles. The molecular weight excluding hydrogens is 258 g/mol. The minimum Gasteiger partial charge on any atom is -0.376 e. The van der Waals surface area contributed by atoms with E-state index in [0.29, 0.717) is 19.8 Å². The summed E-state index contributed by atoms with van der Waals surface area (Å²) in [6.45, 7) is 1.70. The summed E-state index contributed by atoms with van der Waals surface area (Å²) in [7, 11) is 3.53. The van der Waals surface area contributed by atoms with E-state index in [-0.39, 0.29) is 17.8 Å². The molecule has 108 valence electrons. The van der Waals surface area contributed by atoms with E-state index in [1.165, 1.54) is 0 Å². The molecule has 2 unspecified atom stereocenters. The minimum atomic E-state index is -0.255. The van der Waals surface area contributed by atoms with Gasteiger partial charge < -0.3 is 15.2 Å². The van der Waals surface area contributed by atoms with Crippen molar-refractivity contribution in [3.63, 3.8) is 0 Å². The van der Waals surface area contributed by atoms with Crippen molar-refractivity contribution < 1.29 is 9.47 Å². The molecule has 2 N–H and O–H groups in total. The van der Waals surface area contributed by atoms with Crippen LogP contribution in [0.2, 0.25) is 0 Å². The van der Waals surface area contributed by atoms with Crippen LogP contribution >= 0.6 is 0 Å². The van der Waals surface area contributed by atoms with Crippen LogP contribution in [0.5, 0.6) is 0 Å². The summed E-state index contributed by atoms with van der Waals surface area (Å²) < 4.78 is 14.3. The van der Waals surface area contributed by atoms with Crippen LogP contribution in [0.4, 0.5) is 0 Å². The van der Waals surface area contributed by atoms with Gasteiger partial charge in [-0.15, -0.1) is 0 Å². The molecule has 20 heavy (non-hydrogen) atoms. The first kappa shape index (κ1) is 13.4. The molecule has 6 heteroatoms. The lowest BCUT2D eigenvalue weighted by atomic mass is 10.0. The number of aryl methyl sites for hydroxylation is 2. The Morgan fingerprint density at radius 2 is 2.00 bits per heavy atom. The summed E-state index contributed by atoms with van der Waals surface area (Å²) in [5, 5.41) is 0. The second kappa shape index (κ2) is 5.05. The molecule has 0 spiro atoms. The van der Waals surface area contributed by atoms with Gasteiger partial charge in [0.05, 0.1) is 36.9 Å². The number of hydrogen-bond acceptors (Lipinski definition) is 4. The van der Waals surface area contributed by atoms with Gasteiger partial charge in [-0.05, 0) is 17.7 Å². The van der Waals surface area contributed by atoms with Gasteiger partial charge in [0.15, 0.2) is 0 Å². The lowest BCUT2D eigenvalue weighted by molar-refractivity contribution is -0.0975. The predicted octanol–water partition coefficient (Wildman–Crippen LogP) is 0.292. The molecule has 3 rings (SSSR count). The van der Waals surface area contributed by atoms with Gasteiger partial charge in [-0.2, -0.15) is 0 Å². The Morgan fingerprint density at radius 3 is 2.70 bits per heavy atom. The van der Waals surface area contributed by atoms with E-state index in [4.69, 9.17) is 15.2 Å². The number of hydrogen-bond donors (Lipinski definition) is 1. The first-order chi connectivity index (χ1) is 9.59. The highest BCUT2D eigenvalue weighted by Gasteiger charge is 2.24. The summed E-state index contributed by atoms with van der Waals surface area (Å²) >= 11 is 0. The Labute approximate surface area is 116 Å². The Balaban J connectivity index is 2.00. The van der Waals surface area contributed by atoms with Crippen LogP contribution in [0.1, 0.15) is 11.6 Å². The fourth-order valence-corrected chi connectivity index (χ4v) is 2.66. The highest BCUT2D eigenvalue weighted by molar-refractivity contribution is 5.77. The summed E-state index contributed by atoms with van der Waals surface area (Å²) in [5.74, 6) is 0. The molecule has 1 saturated heterocycles. The molecular formula is C14H19N3O3. The molecule has 0 amide bonds. The second-order valence-corrected chi connectivity index (χ2v) is 5.16.